The number of nitrogens with one attached hydrogen (secondary N) is 1. The second kappa shape index (κ2) is 8.42. The van der Waals surface area contributed by atoms with E-state index >= 15 is 0 Å². The van der Waals surface area contributed by atoms with Crippen LogP contribution in [0.25, 0.3) is 10.7 Å². The van der Waals surface area contributed by atoms with Crippen molar-refractivity contribution in [3.63, 3.8) is 0 Å². The first kappa shape index (κ1) is 18.5. The highest BCUT2D eigenvalue weighted by Gasteiger charge is 2.30. The van der Waals surface area contributed by atoms with Crippen LogP contribution in [0.3, 0.4) is 0 Å². The quantitative estimate of drug-likeness (QED) is 0.751. The molecule has 7 heteroatoms. The first-order valence-corrected chi connectivity index (χ1v) is 11.1. The van der Waals surface area contributed by atoms with Gasteiger partial charge in [-0.3, -0.25) is 9.36 Å². The standard InChI is InChI=1S/C20H28N4O2S/c25-18(11-8-15-5-2-1-3-6-15)21-12-13-23-20(26)24(16-9-10-16)19(22-23)17-7-4-14-27-17/h4,7,14-16H,1-3,5-6,8-13H2,(H,21,25). The minimum atomic E-state index is -0.0580. The second-order valence-corrected chi connectivity index (χ2v) is 8.75. The van der Waals surface area contributed by atoms with Gasteiger partial charge in [0.25, 0.3) is 0 Å². The third kappa shape index (κ3) is 4.51. The van der Waals surface area contributed by atoms with E-state index in [9.17, 15) is 9.59 Å². The van der Waals surface area contributed by atoms with Crippen molar-refractivity contribution in [1.82, 2.24) is 19.7 Å². The lowest BCUT2D eigenvalue weighted by molar-refractivity contribution is -0.121. The SMILES string of the molecule is O=C(CCC1CCCCC1)NCCn1nc(-c2cccs2)n(C2CC2)c1=O. The Morgan fingerprint density at radius 3 is 2.74 bits per heavy atom. The van der Waals surface area contributed by atoms with Crippen LogP contribution in [0.2, 0.25) is 0 Å². The Morgan fingerprint density at radius 1 is 1.22 bits per heavy atom. The van der Waals surface area contributed by atoms with Crippen LogP contribution in [0.4, 0.5) is 0 Å². The largest absolute Gasteiger partial charge is 0.354 e. The molecule has 2 aliphatic rings. The van der Waals surface area contributed by atoms with Crippen LogP contribution in [-0.4, -0.2) is 26.8 Å². The summed E-state index contributed by atoms with van der Waals surface area (Å²) in [4.78, 5) is 25.9. The second-order valence-electron chi connectivity index (χ2n) is 7.80. The van der Waals surface area contributed by atoms with Crippen molar-refractivity contribution in [2.45, 2.75) is 70.4 Å². The van der Waals surface area contributed by atoms with Crippen LogP contribution >= 0.6 is 11.3 Å². The molecule has 2 saturated carbocycles. The Kier molecular flexibility index (Phi) is 5.76. The highest BCUT2D eigenvalue weighted by molar-refractivity contribution is 7.13. The lowest BCUT2D eigenvalue weighted by atomic mass is 9.86. The van der Waals surface area contributed by atoms with Gasteiger partial charge in [-0.25, -0.2) is 9.48 Å². The van der Waals surface area contributed by atoms with E-state index in [4.69, 9.17) is 0 Å². The molecule has 2 aliphatic carbocycles. The van der Waals surface area contributed by atoms with Gasteiger partial charge in [0.2, 0.25) is 5.91 Å². The molecule has 0 atom stereocenters. The van der Waals surface area contributed by atoms with E-state index in [1.807, 2.05) is 22.1 Å². The van der Waals surface area contributed by atoms with Crippen molar-refractivity contribution in [3.05, 3.63) is 28.0 Å². The molecule has 1 amide bonds. The van der Waals surface area contributed by atoms with E-state index in [-0.39, 0.29) is 17.6 Å². The van der Waals surface area contributed by atoms with Crippen molar-refractivity contribution in [1.29, 1.82) is 0 Å². The number of hydrogen-bond acceptors (Lipinski definition) is 4. The van der Waals surface area contributed by atoms with E-state index in [0.717, 1.165) is 35.9 Å². The third-order valence-corrected chi connectivity index (χ3v) is 6.54. The predicted octanol–water partition coefficient (Wildman–Crippen LogP) is 3.58. The molecule has 6 nitrogen and oxygen atoms in total. The molecule has 2 heterocycles. The van der Waals surface area contributed by atoms with Crippen LogP contribution in [0.15, 0.2) is 22.3 Å². The number of nitrogens with zero attached hydrogens (tertiary/aromatic N) is 3. The Labute approximate surface area is 163 Å². The van der Waals surface area contributed by atoms with Gasteiger partial charge < -0.3 is 5.32 Å². The number of carbonyl (C=O) groups is 1. The number of aromatic nitrogens is 3. The number of amides is 1. The van der Waals surface area contributed by atoms with Crippen LogP contribution in [0.1, 0.15) is 63.8 Å². The van der Waals surface area contributed by atoms with E-state index < -0.39 is 0 Å². The molecule has 0 aromatic carbocycles. The van der Waals surface area contributed by atoms with E-state index in [1.54, 1.807) is 11.3 Å². The molecular weight excluding hydrogens is 360 g/mol. The zero-order chi connectivity index (χ0) is 18.6. The third-order valence-electron chi connectivity index (χ3n) is 5.67. The van der Waals surface area contributed by atoms with Gasteiger partial charge in [-0.05, 0) is 36.6 Å². The summed E-state index contributed by atoms with van der Waals surface area (Å²) in [6.45, 7) is 0.876. The summed E-state index contributed by atoms with van der Waals surface area (Å²) < 4.78 is 3.34. The fraction of sp³-hybridized carbons (Fsp3) is 0.650. The maximum Gasteiger partial charge on any atom is 0.346 e. The van der Waals surface area contributed by atoms with E-state index in [0.29, 0.717) is 19.5 Å². The molecule has 27 heavy (non-hydrogen) atoms. The number of rotatable bonds is 8. The highest BCUT2D eigenvalue weighted by atomic mass is 32.1. The molecule has 2 fully saturated rings. The Bertz CT molecular complexity index is 814. The minimum Gasteiger partial charge on any atom is -0.354 e. The van der Waals surface area contributed by atoms with Crippen molar-refractivity contribution >= 4 is 17.2 Å². The average molecular weight is 389 g/mol. The maximum absolute atomic E-state index is 12.7. The van der Waals surface area contributed by atoms with Gasteiger partial charge in [0.15, 0.2) is 5.82 Å². The lowest BCUT2D eigenvalue weighted by Crippen LogP contribution is -2.32. The molecule has 0 saturated heterocycles. The van der Waals surface area contributed by atoms with Gasteiger partial charge in [0.05, 0.1) is 11.4 Å². The molecule has 4 rings (SSSR count). The number of hydrogen-bond donors (Lipinski definition) is 1. The van der Waals surface area contributed by atoms with Gasteiger partial charge in [0, 0.05) is 19.0 Å². The minimum absolute atomic E-state index is 0.0580. The van der Waals surface area contributed by atoms with Crippen molar-refractivity contribution in [2.75, 3.05) is 6.54 Å². The fourth-order valence-corrected chi connectivity index (χ4v) is 4.71. The van der Waals surface area contributed by atoms with Crippen LogP contribution in [0, 0.1) is 5.92 Å². The van der Waals surface area contributed by atoms with Gasteiger partial charge in [-0.1, -0.05) is 38.2 Å². The summed E-state index contributed by atoms with van der Waals surface area (Å²) in [6, 6.07) is 4.27. The number of carbonyl (C=O) groups excluding carboxylic acids is 1. The topological polar surface area (TPSA) is 68.9 Å². The number of thiophene rings is 1. The molecule has 0 aliphatic heterocycles. The van der Waals surface area contributed by atoms with Crippen LogP contribution < -0.4 is 11.0 Å². The molecule has 146 valence electrons. The Balaban J connectivity index is 1.31. The van der Waals surface area contributed by atoms with Crippen LogP contribution in [-0.2, 0) is 11.3 Å². The fourth-order valence-electron chi connectivity index (χ4n) is 4.00. The van der Waals surface area contributed by atoms with Gasteiger partial charge in [0.1, 0.15) is 0 Å². The zero-order valence-corrected chi connectivity index (χ0v) is 16.5. The van der Waals surface area contributed by atoms with Gasteiger partial charge in [-0.15, -0.1) is 16.4 Å². The van der Waals surface area contributed by atoms with Crippen molar-refractivity contribution in [3.8, 4) is 10.7 Å². The predicted molar refractivity (Wildman–Crippen MR) is 107 cm³/mol. The van der Waals surface area contributed by atoms with E-state index in [1.165, 1.54) is 36.8 Å². The van der Waals surface area contributed by atoms with Crippen LogP contribution in [0.5, 0.6) is 0 Å². The first-order valence-electron chi connectivity index (χ1n) is 10.2. The molecule has 1 N–H and O–H groups in total. The molecule has 0 unspecified atom stereocenters. The monoisotopic (exact) mass is 388 g/mol. The van der Waals surface area contributed by atoms with Crippen molar-refractivity contribution < 1.29 is 4.79 Å². The summed E-state index contributed by atoms with van der Waals surface area (Å²) in [5.74, 6) is 1.57. The molecule has 0 radical (unpaired) electrons. The molecule has 0 bridgehead atoms. The molecule has 2 aromatic heterocycles. The van der Waals surface area contributed by atoms with Gasteiger partial charge >= 0.3 is 5.69 Å². The summed E-state index contributed by atoms with van der Waals surface area (Å²) in [5.41, 5.74) is -0.0580. The molecule has 2 aromatic rings. The summed E-state index contributed by atoms with van der Waals surface area (Å²) in [6.07, 6.45) is 10.2. The Hall–Kier alpha value is -1.89. The summed E-state index contributed by atoms with van der Waals surface area (Å²) in [5, 5.41) is 9.52. The van der Waals surface area contributed by atoms with E-state index in [2.05, 4.69) is 10.4 Å². The maximum atomic E-state index is 12.7. The lowest BCUT2D eigenvalue weighted by Gasteiger charge is -2.20. The smallest absolute Gasteiger partial charge is 0.346 e. The Morgan fingerprint density at radius 2 is 2.04 bits per heavy atom. The summed E-state index contributed by atoms with van der Waals surface area (Å²) in [7, 11) is 0. The first-order chi connectivity index (χ1) is 13.2. The van der Waals surface area contributed by atoms with Crippen molar-refractivity contribution in [2.24, 2.45) is 5.92 Å². The summed E-state index contributed by atoms with van der Waals surface area (Å²) >= 11 is 1.60. The zero-order valence-electron chi connectivity index (χ0n) is 15.7. The normalized spacial score (nSPS) is 17.9. The highest BCUT2D eigenvalue weighted by Crippen LogP contribution is 2.37. The average Bonchev–Trinajstić information content (AvgIpc) is 3.26. The molecular formula is C20H28N4O2S. The van der Waals surface area contributed by atoms with Gasteiger partial charge in [-0.2, -0.15) is 0 Å². The molecule has 0 spiro atoms.